The smallest absolute Gasteiger partial charge is 0.145 e. The van der Waals surface area contributed by atoms with Crippen molar-refractivity contribution in [1.29, 1.82) is 0 Å². The van der Waals surface area contributed by atoms with E-state index < -0.39 is 0 Å². The van der Waals surface area contributed by atoms with E-state index in [1.807, 2.05) is 0 Å². The molecule has 18 heavy (non-hydrogen) atoms. The number of aliphatic hydroxyl groups is 1. The highest BCUT2D eigenvalue weighted by Crippen LogP contribution is 2.12. The Morgan fingerprint density at radius 1 is 1.06 bits per heavy atom. The SMILES string of the molecule is Nc1cnn(CCN2CCN(CCO)CC2)c1N. The normalized spacial score (nSPS) is 18.3. The molecule has 7 heteroatoms. The molecule has 0 unspecified atom stereocenters. The number of hydrogen-bond acceptors (Lipinski definition) is 6. The predicted octanol–water partition coefficient (Wildman–Crippen LogP) is -1.34. The Labute approximate surface area is 107 Å². The highest BCUT2D eigenvalue weighted by molar-refractivity contribution is 5.56. The lowest BCUT2D eigenvalue weighted by molar-refractivity contribution is 0.110. The van der Waals surface area contributed by atoms with E-state index in [1.54, 1.807) is 10.9 Å². The van der Waals surface area contributed by atoms with Gasteiger partial charge in [-0.25, -0.2) is 4.68 Å². The molecule has 5 N–H and O–H groups in total. The lowest BCUT2D eigenvalue weighted by atomic mass is 10.3. The van der Waals surface area contributed by atoms with Crippen LogP contribution >= 0.6 is 0 Å². The van der Waals surface area contributed by atoms with Gasteiger partial charge < -0.3 is 16.6 Å². The Bertz CT molecular complexity index is 372. The van der Waals surface area contributed by atoms with Crippen molar-refractivity contribution in [1.82, 2.24) is 19.6 Å². The Morgan fingerprint density at radius 3 is 2.17 bits per heavy atom. The van der Waals surface area contributed by atoms with E-state index in [-0.39, 0.29) is 6.61 Å². The highest BCUT2D eigenvalue weighted by Gasteiger charge is 2.16. The summed E-state index contributed by atoms with van der Waals surface area (Å²) in [5.41, 5.74) is 12.0. The fraction of sp³-hybridized carbons (Fsp3) is 0.727. The van der Waals surface area contributed by atoms with Crippen LogP contribution in [0.15, 0.2) is 6.20 Å². The van der Waals surface area contributed by atoms with Crippen LogP contribution in [0.2, 0.25) is 0 Å². The van der Waals surface area contributed by atoms with E-state index in [0.717, 1.165) is 45.8 Å². The van der Waals surface area contributed by atoms with E-state index in [2.05, 4.69) is 14.9 Å². The number of hydrogen-bond donors (Lipinski definition) is 3. The number of piperazine rings is 1. The Kier molecular flexibility index (Phi) is 4.40. The zero-order valence-corrected chi connectivity index (χ0v) is 10.6. The first-order chi connectivity index (χ1) is 8.70. The van der Waals surface area contributed by atoms with Gasteiger partial charge >= 0.3 is 0 Å². The molecule has 1 fully saturated rings. The van der Waals surface area contributed by atoms with Gasteiger partial charge in [-0.15, -0.1) is 0 Å². The zero-order valence-electron chi connectivity index (χ0n) is 10.6. The molecule has 0 amide bonds. The summed E-state index contributed by atoms with van der Waals surface area (Å²) in [4.78, 5) is 4.65. The van der Waals surface area contributed by atoms with E-state index >= 15 is 0 Å². The number of nitrogen functional groups attached to an aromatic ring is 2. The van der Waals surface area contributed by atoms with E-state index in [9.17, 15) is 0 Å². The Hall–Kier alpha value is -1.31. The van der Waals surface area contributed by atoms with Crippen molar-refractivity contribution in [3.8, 4) is 0 Å². The van der Waals surface area contributed by atoms with Gasteiger partial charge in [-0.05, 0) is 0 Å². The van der Waals surface area contributed by atoms with Crippen LogP contribution in [0.25, 0.3) is 0 Å². The first kappa shape index (κ1) is 13.1. The van der Waals surface area contributed by atoms with Gasteiger partial charge in [0.15, 0.2) is 0 Å². The van der Waals surface area contributed by atoms with Crippen LogP contribution in [-0.4, -0.2) is 70.6 Å². The molecule has 0 radical (unpaired) electrons. The fourth-order valence-corrected chi connectivity index (χ4v) is 2.20. The van der Waals surface area contributed by atoms with Gasteiger partial charge in [-0.2, -0.15) is 5.10 Å². The summed E-state index contributed by atoms with van der Waals surface area (Å²) in [5.74, 6) is 0.550. The molecule has 102 valence electrons. The van der Waals surface area contributed by atoms with Gasteiger partial charge in [0.2, 0.25) is 0 Å². The van der Waals surface area contributed by atoms with Crippen LogP contribution in [0.5, 0.6) is 0 Å². The molecule has 0 aromatic carbocycles. The van der Waals surface area contributed by atoms with Gasteiger partial charge in [0.25, 0.3) is 0 Å². The second-order valence-corrected chi connectivity index (χ2v) is 4.62. The van der Waals surface area contributed by atoms with Crippen molar-refractivity contribution < 1.29 is 5.11 Å². The van der Waals surface area contributed by atoms with Crippen LogP contribution in [0.1, 0.15) is 0 Å². The van der Waals surface area contributed by atoms with Crippen LogP contribution in [0.3, 0.4) is 0 Å². The molecule has 1 aliphatic rings. The Balaban J connectivity index is 1.74. The van der Waals surface area contributed by atoms with Gasteiger partial charge in [0.05, 0.1) is 25.0 Å². The molecule has 0 bridgehead atoms. The summed E-state index contributed by atoms with van der Waals surface area (Å²) in [6, 6.07) is 0. The molecule has 1 aromatic heterocycles. The minimum absolute atomic E-state index is 0.239. The van der Waals surface area contributed by atoms with Crippen LogP contribution in [0, 0.1) is 0 Å². The summed E-state index contributed by atoms with van der Waals surface area (Å²) in [7, 11) is 0. The van der Waals surface area contributed by atoms with E-state index in [0.29, 0.717) is 11.5 Å². The first-order valence-corrected chi connectivity index (χ1v) is 6.33. The molecule has 7 nitrogen and oxygen atoms in total. The highest BCUT2D eigenvalue weighted by atomic mass is 16.3. The van der Waals surface area contributed by atoms with Crippen LogP contribution in [0.4, 0.5) is 11.5 Å². The number of nitrogens with zero attached hydrogens (tertiary/aromatic N) is 4. The molecule has 1 aromatic rings. The molecule has 2 rings (SSSR count). The van der Waals surface area contributed by atoms with Gasteiger partial charge in [-0.3, -0.25) is 9.80 Å². The van der Waals surface area contributed by atoms with E-state index in [1.165, 1.54) is 0 Å². The third kappa shape index (κ3) is 3.12. The number of aliphatic hydroxyl groups excluding tert-OH is 1. The standard InChI is InChI=1S/C11H22N6O/c12-10-9-14-17(11(10)13)6-5-15-1-3-16(4-2-15)7-8-18/h9,18H,1-8,12-13H2. The largest absolute Gasteiger partial charge is 0.395 e. The second-order valence-electron chi connectivity index (χ2n) is 4.62. The van der Waals surface area contributed by atoms with Gasteiger partial charge in [0.1, 0.15) is 5.82 Å². The van der Waals surface area contributed by atoms with Crippen molar-refractivity contribution in [2.24, 2.45) is 0 Å². The molecule has 0 atom stereocenters. The maximum Gasteiger partial charge on any atom is 0.145 e. The van der Waals surface area contributed by atoms with Crippen LogP contribution in [-0.2, 0) is 6.54 Å². The summed E-state index contributed by atoms with van der Waals surface area (Å²) < 4.78 is 1.75. The summed E-state index contributed by atoms with van der Waals surface area (Å²) in [6.45, 7) is 6.78. The van der Waals surface area contributed by atoms with Crippen molar-refractivity contribution in [3.05, 3.63) is 6.20 Å². The predicted molar refractivity (Wildman–Crippen MR) is 71.0 cm³/mol. The number of rotatable bonds is 5. The summed E-state index contributed by atoms with van der Waals surface area (Å²) in [5, 5.41) is 13.0. The Morgan fingerprint density at radius 2 is 1.67 bits per heavy atom. The number of anilines is 2. The topological polar surface area (TPSA) is 96.6 Å². The maximum absolute atomic E-state index is 8.88. The molecular weight excluding hydrogens is 232 g/mol. The monoisotopic (exact) mass is 254 g/mol. The number of β-amino-alcohol motifs (C(OH)–C–C–N with tert-alkyl or cyclic N) is 1. The number of aromatic nitrogens is 2. The lowest BCUT2D eigenvalue weighted by Gasteiger charge is -2.34. The molecule has 2 heterocycles. The minimum atomic E-state index is 0.239. The minimum Gasteiger partial charge on any atom is -0.395 e. The first-order valence-electron chi connectivity index (χ1n) is 6.33. The maximum atomic E-state index is 8.88. The third-order valence-corrected chi connectivity index (χ3v) is 3.42. The van der Waals surface area contributed by atoms with Gasteiger partial charge in [0, 0.05) is 39.3 Å². The quantitative estimate of drug-likeness (QED) is 0.601. The van der Waals surface area contributed by atoms with Crippen molar-refractivity contribution in [3.63, 3.8) is 0 Å². The fourth-order valence-electron chi connectivity index (χ4n) is 2.20. The summed E-state index contributed by atoms with van der Waals surface area (Å²) >= 11 is 0. The van der Waals surface area contributed by atoms with Crippen molar-refractivity contribution in [2.45, 2.75) is 6.54 Å². The average molecular weight is 254 g/mol. The number of nitrogens with two attached hydrogens (primary N) is 2. The van der Waals surface area contributed by atoms with Crippen molar-refractivity contribution in [2.75, 3.05) is 57.3 Å². The van der Waals surface area contributed by atoms with Crippen LogP contribution < -0.4 is 11.5 Å². The second kappa shape index (κ2) is 6.03. The average Bonchev–Trinajstić information content (AvgIpc) is 2.70. The van der Waals surface area contributed by atoms with Crippen molar-refractivity contribution >= 4 is 11.5 Å². The molecule has 0 saturated carbocycles. The molecule has 1 saturated heterocycles. The third-order valence-electron chi connectivity index (χ3n) is 3.42. The lowest BCUT2D eigenvalue weighted by Crippen LogP contribution is -2.47. The molecule has 0 spiro atoms. The molecular formula is C11H22N6O. The molecule has 1 aliphatic heterocycles. The molecule has 0 aliphatic carbocycles. The van der Waals surface area contributed by atoms with Gasteiger partial charge in [-0.1, -0.05) is 0 Å². The zero-order chi connectivity index (χ0) is 13.0. The summed E-state index contributed by atoms with van der Waals surface area (Å²) in [6.07, 6.45) is 1.59. The van der Waals surface area contributed by atoms with E-state index in [4.69, 9.17) is 16.6 Å².